The summed E-state index contributed by atoms with van der Waals surface area (Å²) in [6.07, 6.45) is 2.15. The lowest BCUT2D eigenvalue weighted by Crippen LogP contribution is -1.63. The molecular formula is C8H8S3. The Morgan fingerprint density at radius 3 is 3.00 bits per heavy atom. The Morgan fingerprint density at radius 1 is 1.45 bits per heavy atom. The molecular weight excluding hydrogens is 192 g/mol. The average Bonchev–Trinajstić information content (AvgIpc) is 2.46. The molecule has 0 aliphatic rings. The van der Waals surface area contributed by atoms with Crippen LogP contribution in [0.3, 0.4) is 0 Å². The Labute approximate surface area is 78.2 Å². The molecule has 2 aromatic heterocycles. The van der Waals surface area contributed by atoms with Crippen molar-refractivity contribution < 1.29 is 0 Å². The molecule has 0 unspecified atom stereocenters. The van der Waals surface area contributed by atoms with E-state index in [0.29, 0.717) is 0 Å². The standard InChI is InChI=1S/C8H8S3/c1-5-7(9-2)8-6(11-5)3-4-10-8/h3-4H,1-2H3. The van der Waals surface area contributed by atoms with Crippen LogP contribution in [0.1, 0.15) is 4.88 Å². The summed E-state index contributed by atoms with van der Waals surface area (Å²) < 4.78 is 2.91. The van der Waals surface area contributed by atoms with E-state index in [0.717, 1.165) is 0 Å². The first-order valence-corrected chi connectivity index (χ1v) is 6.25. The zero-order chi connectivity index (χ0) is 7.84. The quantitative estimate of drug-likeness (QED) is 0.627. The lowest BCUT2D eigenvalue weighted by molar-refractivity contribution is 1.48. The van der Waals surface area contributed by atoms with Crippen LogP contribution in [0.4, 0.5) is 0 Å². The molecule has 0 atom stereocenters. The molecule has 0 nitrogen and oxygen atoms in total. The van der Waals surface area contributed by atoms with Gasteiger partial charge in [-0.1, -0.05) is 0 Å². The topological polar surface area (TPSA) is 0 Å². The Balaban J connectivity index is 2.80. The molecule has 0 aliphatic heterocycles. The summed E-state index contributed by atoms with van der Waals surface area (Å²) in [5, 5.41) is 2.17. The van der Waals surface area contributed by atoms with Gasteiger partial charge >= 0.3 is 0 Å². The molecule has 0 radical (unpaired) electrons. The molecule has 0 aliphatic carbocycles. The monoisotopic (exact) mass is 200 g/mol. The highest BCUT2D eigenvalue weighted by atomic mass is 32.2. The van der Waals surface area contributed by atoms with Crippen LogP contribution in [0.5, 0.6) is 0 Å². The van der Waals surface area contributed by atoms with Crippen molar-refractivity contribution in [3.8, 4) is 0 Å². The van der Waals surface area contributed by atoms with Gasteiger partial charge in [0, 0.05) is 14.5 Å². The third-order valence-corrected chi connectivity index (χ3v) is 4.93. The van der Waals surface area contributed by atoms with Crippen molar-refractivity contribution in [2.75, 3.05) is 6.26 Å². The number of thioether (sulfide) groups is 1. The maximum atomic E-state index is 2.21. The second-order valence-corrected chi connectivity index (χ2v) is 5.29. The minimum Gasteiger partial charge on any atom is -0.142 e. The molecule has 2 rings (SSSR count). The van der Waals surface area contributed by atoms with Crippen LogP contribution in [-0.2, 0) is 0 Å². The van der Waals surface area contributed by atoms with E-state index < -0.39 is 0 Å². The maximum absolute atomic E-state index is 2.21. The summed E-state index contributed by atoms with van der Waals surface area (Å²) in [5.41, 5.74) is 0. The van der Waals surface area contributed by atoms with Gasteiger partial charge in [-0.05, 0) is 24.6 Å². The number of hydrogen-bond acceptors (Lipinski definition) is 3. The number of aryl methyl sites for hydroxylation is 1. The molecule has 0 saturated carbocycles. The Kier molecular flexibility index (Phi) is 1.95. The molecule has 0 spiro atoms. The molecule has 11 heavy (non-hydrogen) atoms. The van der Waals surface area contributed by atoms with Crippen LogP contribution < -0.4 is 0 Å². The van der Waals surface area contributed by atoms with E-state index >= 15 is 0 Å². The van der Waals surface area contributed by atoms with E-state index in [1.54, 1.807) is 0 Å². The predicted molar refractivity (Wildman–Crippen MR) is 56.2 cm³/mol. The SMILES string of the molecule is CSc1c(C)sc2ccsc12. The summed E-state index contributed by atoms with van der Waals surface area (Å²) in [5.74, 6) is 0. The Hall–Kier alpha value is 0.01000. The van der Waals surface area contributed by atoms with Crippen molar-refractivity contribution in [1.29, 1.82) is 0 Å². The number of rotatable bonds is 1. The van der Waals surface area contributed by atoms with E-state index in [9.17, 15) is 0 Å². The van der Waals surface area contributed by atoms with Gasteiger partial charge in [0.25, 0.3) is 0 Å². The molecule has 0 aromatic carbocycles. The highest BCUT2D eigenvalue weighted by molar-refractivity contribution is 7.99. The Bertz CT molecular complexity index is 369. The number of fused-ring (bicyclic) bond motifs is 1. The van der Waals surface area contributed by atoms with Crippen LogP contribution in [0.2, 0.25) is 0 Å². The number of hydrogen-bond donors (Lipinski definition) is 0. The second-order valence-electron chi connectivity index (χ2n) is 2.31. The highest BCUT2D eigenvalue weighted by Gasteiger charge is 2.07. The van der Waals surface area contributed by atoms with Gasteiger partial charge in [0.1, 0.15) is 0 Å². The lowest BCUT2D eigenvalue weighted by Gasteiger charge is -1.90. The predicted octanol–water partition coefficient (Wildman–Crippen LogP) is 3.99. The smallest absolute Gasteiger partial charge is 0.0589 e. The molecule has 0 saturated heterocycles. The third-order valence-electron chi connectivity index (χ3n) is 1.62. The van der Waals surface area contributed by atoms with Crippen molar-refractivity contribution in [2.45, 2.75) is 11.8 Å². The molecule has 2 heterocycles. The average molecular weight is 200 g/mol. The largest absolute Gasteiger partial charge is 0.142 e. The van der Waals surface area contributed by atoms with E-state index in [1.807, 2.05) is 34.4 Å². The summed E-state index contributed by atoms with van der Waals surface area (Å²) in [4.78, 5) is 2.93. The van der Waals surface area contributed by atoms with E-state index in [-0.39, 0.29) is 0 Å². The van der Waals surface area contributed by atoms with Gasteiger partial charge in [-0.2, -0.15) is 0 Å². The zero-order valence-electron chi connectivity index (χ0n) is 6.38. The van der Waals surface area contributed by atoms with E-state index in [4.69, 9.17) is 0 Å². The van der Waals surface area contributed by atoms with Gasteiger partial charge in [-0.3, -0.25) is 0 Å². The van der Waals surface area contributed by atoms with Gasteiger partial charge < -0.3 is 0 Å². The summed E-state index contributed by atoms with van der Waals surface area (Å²) in [6.45, 7) is 2.20. The number of thiophene rings is 2. The maximum Gasteiger partial charge on any atom is 0.0589 e. The van der Waals surface area contributed by atoms with Crippen molar-refractivity contribution in [1.82, 2.24) is 0 Å². The minimum atomic E-state index is 1.44. The Morgan fingerprint density at radius 2 is 2.27 bits per heavy atom. The first kappa shape index (κ1) is 7.65. The first-order valence-electron chi connectivity index (χ1n) is 3.33. The molecule has 0 bridgehead atoms. The van der Waals surface area contributed by atoms with Crippen LogP contribution in [0, 0.1) is 6.92 Å². The third kappa shape index (κ3) is 1.11. The normalized spacial score (nSPS) is 11.1. The summed E-state index contributed by atoms with van der Waals surface area (Å²) in [7, 11) is 0. The second kappa shape index (κ2) is 2.81. The zero-order valence-corrected chi connectivity index (χ0v) is 8.83. The van der Waals surface area contributed by atoms with Gasteiger partial charge in [0.15, 0.2) is 0 Å². The molecule has 0 N–H and O–H groups in total. The fourth-order valence-corrected chi connectivity index (χ4v) is 4.63. The van der Waals surface area contributed by atoms with Crippen molar-refractivity contribution >= 4 is 43.8 Å². The van der Waals surface area contributed by atoms with E-state index in [1.165, 1.54) is 19.2 Å². The molecule has 3 heteroatoms. The van der Waals surface area contributed by atoms with Crippen LogP contribution in [0.25, 0.3) is 9.40 Å². The lowest BCUT2D eigenvalue weighted by atomic mass is 10.5. The van der Waals surface area contributed by atoms with Gasteiger partial charge in [-0.25, -0.2) is 0 Å². The van der Waals surface area contributed by atoms with Crippen molar-refractivity contribution in [3.63, 3.8) is 0 Å². The fourth-order valence-electron chi connectivity index (χ4n) is 1.15. The first-order chi connectivity index (χ1) is 5.33. The van der Waals surface area contributed by atoms with Crippen LogP contribution in [0.15, 0.2) is 16.3 Å². The minimum absolute atomic E-state index is 1.44. The summed E-state index contributed by atoms with van der Waals surface area (Å²) in [6, 6.07) is 2.21. The van der Waals surface area contributed by atoms with E-state index in [2.05, 4.69) is 24.6 Å². The van der Waals surface area contributed by atoms with Crippen molar-refractivity contribution in [3.05, 3.63) is 16.3 Å². The van der Waals surface area contributed by atoms with Gasteiger partial charge in [0.2, 0.25) is 0 Å². The molecule has 0 amide bonds. The molecule has 2 aromatic rings. The van der Waals surface area contributed by atoms with Gasteiger partial charge in [0.05, 0.1) is 4.70 Å². The van der Waals surface area contributed by atoms with Crippen LogP contribution >= 0.6 is 34.4 Å². The van der Waals surface area contributed by atoms with Crippen molar-refractivity contribution in [2.24, 2.45) is 0 Å². The van der Waals surface area contributed by atoms with Gasteiger partial charge in [-0.15, -0.1) is 34.4 Å². The van der Waals surface area contributed by atoms with Crippen LogP contribution in [-0.4, -0.2) is 6.26 Å². The molecule has 58 valence electrons. The molecule has 0 fully saturated rings. The summed E-state index contributed by atoms with van der Waals surface area (Å²) >= 11 is 5.61. The fraction of sp³-hybridized carbons (Fsp3) is 0.250. The highest BCUT2D eigenvalue weighted by Crippen LogP contribution is 2.39.